The maximum atomic E-state index is 12.3. The number of likely N-dealkylation sites (tertiary alicyclic amines) is 1. The Kier molecular flexibility index (Phi) is 4.75. The molecule has 1 heterocycles. The average molecular weight is 321 g/mol. The van der Waals surface area contributed by atoms with E-state index in [1.54, 1.807) is 13.2 Å². The van der Waals surface area contributed by atoms with E-state index in [0.717, 1.165) is 16.9 Å². The molecule has 2 aromatic rings. The lowest BCUT2D eigenvalue weighted by molar-refractivity contribution is -0.138. The summed E-state index contributed by atoms with van der Waals surface area (Å²) in [5.74, 6) is 0.428. The zero-order valence-electron chi connectivity index (χ0n) is 13.5. The van der Waals surface area contributed by atoms with E-state index < -0.39 is 0 Å². The van der Waals surface area contributed by atoms with Crippen LogP contribution in [0.15, 0.2) is 60.7 Å². The Morgan fingerprint density at radius 1 is 1.12 bits per heavy atom. The fraction of sp³-hybridized carbons (Fsp3) is 0.200. The molecule has 0 saturated carbocycles. The van der Waals surface area contributed by atoms with Crippen LogP contribution in [0.25, 0.3) is 6.08 Å². The predicted molar refractivity (Wildman–Crippen MR) is 92.5 cm³/mol. The maximum absolute atomic E-state index is 12.3. The zero-order valence-corrected chi connectivity index (χ0v) is 13.5. The first-order chi connectivity index (χ1) is 11.7. The van der Waals surface area contributed by atoms with Crippen molar-refractivity contribution >= 4 is 17.9 Å². The Morgan fingerprint density at radius 3 is 2.50 bits per heavy atom. The molecule has 2 aromatic carbocycles. The molecular weight excluding hydrogens is 302 g/mol. The van der Waals surface area contributed by atoms with E-state index in [1.807, 2.05) is 54.6 Å². The first kappa shape index (κ1) is 16.0. The van der Waals surface area contributed by atoms with Gasteiger partial charge in [0.25, 0.3) is 5.91 Å². The number of benzene rings is 2. The molecule has 0 N–H and O–H groups in total. The highest BCUT2D eigenvalue weighted by atomic mass is 16.5. The van der Waals surface area contributed by atoms with E-state index in [9.17, 15) is 9.59 Å². The number of nitrogens with zero attached hydrogens (tertiary/aromatic N) is 1. The average Bonchev–Trinajstić information content (AvgIpc) is 3.02. The molecule has 4 heteroatoms. The van der Waals surface area contributed by atoms with Crippen LogP contribution >= 0.6 is 0 Å². The van der Waals surface area contributed by atoms with Gasteiger partial charge in [0.1, 0.15) is 5.75 Å². The number of carbonyl (C=O) groups excluding carboxylic acids is 2. The monoisotopic (exact) mass is 321 g/mol. The van der Waals surface area contributed by atoms with E-state index in [4.69, 9.17) is 4.74 Å². The summed E-state index contributed by atoms with van der Waals surface area (Å²) in [4.78, 5) is 25.8. The van der Waals surface area contributed by atoms with Crippen molar-refractivity contribution in [2.75, 3.05) is 13.7 Å². The highest BCUT2D eigenvalue weighted by molar-refractivity contribution is 6.04. The summed E-state index contributed by atoms with van der Waals surface area (Å²) in [6.45, 7) is 0.420. The second-order valence-electron chi connectivity index (χ2n) is 5.76. The van der Waals surface area contributed by atoms with Gasteiger partial charge < -0.3 is 4.74 Å². The van der Waals surface area contributed by atoms with Gasteiger partial charge in [-0.2, -0.15) is 0 Å². The van der Waals surface area contributed by atoms with Crippen LogP contribution in [-0.4, -0.2) is 30.4 Å². The lowest BCUT2D eigenvalue weighted by Gasteiger charge is -2.13. The number of imide groups is 1. The third kappa shape index (κ3) is 3.54. The summed E-state index contributed by atoms with van der Waals surface area (Å²) >= 11 is 0. The van der Waals surface area contributed by atoms with E-state index in [0.29, 0.717) is 13.0 Å². The van der Waals surface area contributed by atoms with Crippen LogP contribution in [0.3, 0.4) is 0 Å². The minimum Gasteiger partial charge on any atom is -0.497 e. The molecule has 122 valence electrons. The maximum Gasteiger partial charge on any atom is 0.253 e. The standard InChI is InChI=1S/C20H19NO3/c1-24-18-10-8-16(9-11-18)17-13-20(23)21(14-17)19(22)12-7-15-5-3-2-4-6-15/h2-12,17H,13-14H2,1H3. The lowest BCUT2D eigenvalue weighted by Crippen LogP contribution is -2.30. The van der Waals surface area contributed by atoms with Crippen LogP contribution in [0.2, 0.25) is 0 Å². The third-order valence-electron chi connectivity index (χ3n) is 4.20. The predicted octanol–water partition coefficient (Wildman–Crippen LogP) is 3.25. The van der Waals surface area contributed by atoms with Crippen LogP contribution in [0.5, 0.6) is 5.75 Å². The Balaban J connectivity index is 1.67. The van der Waals surface area contributed by atoms with Crippen molar-refractivity contribution < 1.29 is 14.3 Å². The molecule has 1 aliphatic rings. The molecular formula is C20H19NO3. The molecule has 3 rings (SSSR count). The number of methoxy groups -OCH3 is 1. The fourth-order valence-corrected chi connectivity index (χ4v) is 2.84. The molecule has 2 amide bonds. The van der Waals surface area contributed by atoms with Crippen molar-refractivity contribution in [3.63, 3.8) is 0 Å². The van der Waals surface area contributed by atoms with Crippen molar-refractivity contribution in [1.82, 2.24) is 4.90 Å². The number of hydrogen-bond donors (Lipinski definition) is 0. The van der Waals surface area contributed by atoms with Crippen molar-refractivity contribution in [2.24, 2.45) is 0 Å². The molecule has 1 saturated heterocycles. The normalized spacial score (nSPS) is 17.5. The molecule has 0 spiro atoms. The van der Waals surface area contributed by atoms with Gasteiger partial charge in [0.05, 0.1) is 7.11 Å². The van der Waals surface area contributed by atoms with Gasteiger partial charge in [0, 0.05) is 25.0 Å². The Labute approximate surface area is 141 Å². The number of hydrogen-bond acceptors (Lipinski definition) is 3. The quantitative estimate of drug-likeness (QED) is 0.812. The van der Waals surface area contributed by atoms with E-state index in [1.165, 1.54) is 11.0 Å². The van der Waals surface area contributed by atoms with Crippen molar-refractivity contribution in [3.8, 4) is 5.75 Å². The van der Waals surface area contributed by atoms with Crippen molar-refractivity contribution in [1.29, 1.82) is 0 Å². The van der Waals surface area contributed by atoms with Gasteiger partial charge in [-0.25, -0.2) is 0 Å². The summed E-state index contributed by atoms with van der Waals surface area (Å²) in [7, 11) is 1.62. The third-order valence-corrected chi connectivity index (χ3v) is 4.20. The molecule has 0 aromatic heterocycles. The zero-order chi connectivity index (χ0) is 16.9. The molecule has 1 atom stereocenters. The molecule has 1 aliphatic heterocycles. The van der Waals surface area contributed by atoms with Gasteiger partial charge in [0.15, 0.2) is 0 Å². The van der Waals surface area contributed by atoms with Crippen LogP contribution in [0, 0.1) is 0 Å². The minimum atomic E-state index is -0.264. The lowest BCUT2D eigenvalue weighted by atomic mass is 9.98. The van der Waals surface area contributed by atoms with Gasteiger partial charge in [-0.3, -0.25) is 14.5 Å². The van der Waals surface area contributed by atoms with Gasteiger partial charge >= 0.3 is 0 Å². The first-order valence-electron chi connectivity index (χ1n) is 7.89. The summed E-state index contributed by atoms with van der Waals surface area (Å²) in [5.41, 5.74) is 1.98. The van der Waals surface area contributed by atoms with Gasteiger partial charge in [0.2, 0.25) is 5.91 Å². The van der Waals surface area contributed by atoms with Crippen molar-refractivity contribution in [3.05, 3.63) is 71.8 Å². The van der Waals surface area contributed by atoms with Crippen LogP contribution in [0.1, 0.15) is 23.5 Å². The van der Waals surface area contributed by atoms with Crippen molar-refractivity contribution in [2.45, 2.75) is 12.3 Å². The number of amides is 2. The van der Waals surface area contributed by atoms with Gasteiger partial charge in [-0.05, 0) is 29.3 Å². The molecule has 24 heavy (non-hydrogen) atoms. The molecule has 0 radical (unpaired) electrons. The molecule has 0 bridgehead atoms. The molecule has 0 aliphatic carbocycles. The smallest absolute Gasteiger partial charge is 0.253 e. The minimum absolute atomic E-state index is 0.0393. The second-order valence-corrected chi connectivity index (χ2v) is 5.76. The highest BCUT2D eigenvalue weighted by Crippen LogP contribution is 2.29. The van der Waals surface area contributed by atoms with E-state index in [2.05, 4.69) is 0 Å². The molecule has 1 unspecified atom stereocenters. The van der Waals surface area contributed by atoms with E-state index >= 15 is 0 Å². The topological polar surface area (TPSA) is 46.6 Å². The summed E-state index contributed by atoms with van der Waals surface area (Å²) in [6.07, 6.45) is 3.55. The largest absolute Gasteiger partial charge is 0.497 e. The van der Waals surface area contributed by atoms with Gasteiger partial charge in [-0.15, -0.1) is 0 Å². The first-order valence-corrected chi connectivity index (χ1v) is 7.89. The summed E-state index contributed by atoms with van der Waals surface area (Å²) < 4.78 is 5.15. The number of carbonyl (C=O) groups is 2. The molecule has 1 fully saturated rings. The number of rotatable bonds is 4. The Morgan fingerprint density at radius 2 is 1.83 bits per heavy atom. The number of ether oxygens (including phenoxy) is 1. The van der Waals surface area contributed by atoms with E-state index in [-0.39, 0.29) is 17.7 Å². The fourth-order valence-electron chi connectivity index (χ4n) is 2.84. The summed E-state index contributed by atoms with van der Waals surface area (Å²) in [5, 5.41) is 0. The van der Waals surface area contributed by atoms with Gasteiger partial charge in [-0.1, -0.05) is 42.5 Å². The van der Waals surface area contributed by atoms with Crippen LogP contribution < -0.4 is 4.74 Å². The molecule has 4 nitrogen and oxygen atoms in total. The highest BCUT2D eigenvalue weighted by Gasteiger charge is 2.33. The Bertz CT molecular complexity index is 750. The van der Waals surface area contributed by atoms with Crippen LogP contribution in [-0.2, 0) is 9.59 Å². The summed E-state index contributed by atoms with van der Waals surface area (Å²) in [6, 6.07) is 17.2. The van der Waals surface area contributed by atoms with Crippen LogP contribution in [0.4, 0.5) is 0 Å². The second kappa shape index (κ2) is 7.13. The Hall–Kier alpha value is -2.88. The SMILES string of the molecule is COc1ccc(C2CC(=O)N(C(=O)C=Cc3ccccc3)C2)cc1.